The van der Waals surface area contributed by atoms with E-state index in [0.29, 0.717) is 23.9 Å². The van der Waals surface area contributed by atoms with Crippen LogP contribution < -0.4 is 16.2 Å². The van der Waals surface area contributed by atoms with Crippen molar-refractivity contribution in [2.24, 2.45) is 11.5 Å². The number of carbonyl (C=O) groups excluding carboxylic acids is 1. The third-order valence-electron chi connectivity index (χ3n) is 5.08. The minimum atomic E-state index is -0.726. The van der Waals surface area contributed by atoms with Crippen molar-refractivity contribution in [3.05, 3.63) is 72.3 Å². The lowest BCUT2D eigenvalue weighted by molar-refractivity contribution is -0.119. The number of amides is 1. The lowest BCUT2D eigenvalue weighted by Gasteiger charge is -2.10. The maximum Gasteiger partial charge on any atom is 0.258 e. The van der Waals surface area contributed by atoms with E-state index in [1.165, 1.54) is 0 Å². The van der Waals surface area contributed by atoms with E-state index in [2.05, 4.69) is 10.1 Å². The molecule has 3 aromatic carbocycles. The van der Waals surface area contributed by atoms with Gasteiger partial charge in [-0.15, -0.1) is 12.4 Å². The molecule has 33 heavy (non-hydrogen) atoms. The zero-order valence-corrected chi connectivity index (χ0v) is 18.6. The zero-order chi connectivity index (χ0) is 22.7. The molecule has 4 rings (SSSR count). The summed E-state index contributed by atoms with van der Waals surface area (Å²) in [5.41, 5.74) is 15.0. The highest BCUT2D eigenvalue weighted by atomic mass is 35.5. The van der Waals surface area contributed by atoms with Crippen LogP contribution in [0.1, 0.15) is 5.56 Å². The number of ether oxygens (including phenoxy) is 1. The first-order chi connectivity index (χ1) is 15.4. The Labute approximate surface area is 196 Å². The van der Waals surface area contributed by atoms with Crippen LogP contribution in [0.2, 0.25) is 0 Å². The highest BCUT2D eigenvalue weighted by molar-refractivity contribution is 5.85. The molecular weight excluding hydrogens is 444 g/mol. The highest BCUT2D eigenvalue weighted by Gasteiger charge is 2.15. The summed E-state index contributed by atoms with van der Waals surface area (Å²) < 4.78 is 11.0. The van der Waals surface area contributed by atoms with Gasteiger partial charge in [-0.3, -0.25) is 4.79 Å². The average Bonchev–Trinajstić information content (AvgIpc) is 3.30. The topological polar surface area (TPSA) is 137 Å². The van der Waals surface area contributed by atoms with Crippen LogP contribution in [0.5, 0.6) is 11.5 Å². The molecule has 5 N–H and O–H groups in total. The van der Waals surface area contributed by atoms with Crippen molar-refractivity contribution in [3.63, 3.8) is 0 Å². The van der Waals surface area contributed by atoms with Gasteiger partial charge in [0.1, 0.15) is 11.5 Å². The number of aromatic nitrogens is 2. The Balaban J connectivity index is 0.00000306. The first-order valence-corrected chi connectivity index (χ1v) is 9.90. The van der Waals surface area contributed by atoms with E-state index in [0.717, 1.165) is 27.8 Å². The van der Waals surface area contributed by atoms with Crippen LogP contribution in [0.25, 0.3) is 34.0 Å². The predicted octanol–water partition coefficient (Wildman–Crippen LogP) is 3.56. The number of nitrogens with two attached hydrogens (primary N) is 2. The molecule has 170 valence electrons. The molecule has 1 amide bonds. The summed E-state index contributed by atoms with van der Waals surface area (Å²) in [6, 6.07) is 19.1. The fourth-order valence-electron chi connectivity index (χ4n) is 3.31. The maximum absolute atomic E-state index is 11.1. The van der Waals surface area contributed by atoms with E-state index in [1.54, 1.807) is 19.2 Å². The molecule has 4 aromatic rings. The van der Waals surface area contributed by atoms with Gasteiger partial charge in [-0.2, -0.15) is 4.98 Å². The summed E-state index contributed by atoms with van der Waals surface area (Å²) >= 11 is 0. The van der Waals surface area contributed by atoms with E-state index < -0.39 is 11.9 Å². The molecule has 0 saturated heterocycles. The van der Waals surface area contributed by atoms with Crippen molar-refractivity contribution in [3.8, 4) is 45.5 Å². The number of halogens is 1. The van der Waals surface area contributed by atoms with E-state index in [1.807, 2.05) is 54.6 Å². The molecule has 1 aromatic heterocycles. The van der Waals surface area contributed by atoms with Crippen LogP contribution in [0.15, 0.2) is 71.3 Å². The molecule has 0 radical (unpaired) electrons. The van der Waals surface area contributed by atoms with Crippen LogP contribution in [0.3, 0.4) is 0 Å². The summed E-state index contributed by atoms with van der Waals surface area (Å²) in [6.45, 7) is 0. The Kier molecular flexibility index (Phi) is 7.32. The van der Waals surface area contributed by atoms with Gasteiger partial charge >= 0.3 is 0 Å². The Morgan fingerprint density at radius 3 is 2.30 bits per heavy atom. The number of nitrogens with zero attached hydrogens (tertiary/aromatic N) is 2. The van der Waals surface area contributed by atoms with Crippen LogP contribution in [-0.2, 0) is 11.2 Å². The van der Waals surface area contributed by atoms with Crippen molar-refractivity contribution in [1.29, 1.82) is 0 Å². The number of methoxy groups -OCH3 is 1. The molecule has 0 fully saturated rings. The van der Waals surface area contributed by atoms with Crippen molar-refractivity contribution < 1.29 is 19.2 Å². The summed E-state index contributed by atoms with van der Waals surface area (Å²) in [4.78, 5) is 15.7. The summed E-state index contributed by atoms with van der Waals surface area (Å²) in [5, 5.41) is 13.7. The van der Waals surface area contributed by atoms with Gasteiger partial charge in [0.05, 0.1) is 13.2 Å². The van der Waals surface area contributed by atoms with Crippen LogP contribution >= 0.6 is 12.4 Å². The molecule has 0 bridgehead atoms. The van der Waals surface area contributed by atoms with E-state index in [4.69, 9.17) is 20.7 Å². The molecule has 0 aliphatic rings. The molecule has 1 atom stereocenters. The number of hydrogen-bond acceptors (Lipinski definition) is 7. The van der Waals surface area contributed by atoms with Crippen molar-refractivity contribution in [2.45, 2.75) is 12.5 Å². The second-order valence-electron chi connectivity index (χ2n) is 7.29. The van der Waals surface area contributed by atoms with Gasteiger partial charge in [-0.1, -0.05) is 41.6 Å². The smallest absolute Gasteiger partial charge is 0.258 e. The molecule has 0 unspecified atom stereocenters. The summed E-state index contributed by atoms with van der Waals surface area (Å²) in [5.74, 6) is 1.13. The number of benzene rings is 3. The van der Waals surface area contributed by atoms with Crippen LogP contribution in [0.4, 0.5) is 0 Å². The molecular formula is C24H23ClN4O4. The Morgan fingerprint density at radius 1 is 1.03 bits per heavy atom. The Morgan fingerprint density at radius 2 is 1.67 bits per heavy atom. The van der Waals surface area contributed by atoms with Crippen molar-refractivity contribution >= 4 is 18.3 Å². The highest BCUT2D eigenvalue weighted by Crippen LogP contribution is 2.35. The second-order valence-corrected chi connectivity index (χ2v) is 7.29. The van der Waals surface area contributed by atoms with Gasteiger partial charge < -0.3 is 25.8 Å². The number of hydrogen-bond donors (Lipinski definition) is 3. The number of phenolic OH excluding ortho intramolecular Hbond substituents is 1. The van der Waals surface area contributed by atoms with Gasteiger partial charge in [0, 0.05) is 16.7 Å². The molecule has 0 aliphatic carbocycles. The SMILES string of the molecule is COc1ccc(-c2nc(-c3ccc(C[C@H](N)C(N)=O)cc3)no2)cc1-c1ccc(O)cc1.Cl. The van der Waals surface area contributed by atoms with Gasteiger partial charge in [-0.05, 0) is 47.9 Å². The maximum atomic E-state index is 11.1. The fourth-order valence-corrected chi connectivity index (χ4v) is 3.31. The van der Waals surface area contributed by atoms with Gasteiger partial charge in [-0.25, -0.2) is 0 Å². The second kappa shape index (κ2) is 10.2. The first-order valence-electron chi connectivity index (χ1n) is 9.90. The van der Waals surface area contributed by atoms with E-state index in [9.17, 15) is 9.90 Å². The quantitative estimate of drug-likeness (QED) is 0.378. The fraction of sp³-hybridized carbons (Fsp3) is 0.125. The zero-order valence-electron chi connectivity index (χ0n) is 17.8. The predicted molar refractivity (Wildman–Crippen MR) is 127 cm³/mol. The van der Waals surface area contributed by atoms with E-state index >= 15 is 0 Å². The van der Waals surface area contributed by atoms with Crippen LogP contribution in [-0.4, -0.2) is 34.3 Å². The number of rotatable bonds is 7. The molecule has 0 saturated carbocycles. The minimum Gasteiger partial charge on any atom is -0.508 e. The number of phenols is 1. The molecule has 1 heterocycles. The van der Waals surface area contributed by atoms with Crippen molar-refractivity contribution in [2.75, 3.05) is 7.11 Å². The number of aromatic hydroxyl groups is 1. The number of carbonyl (C=O) groups is 1. The summed E-state index contributed by atoms with van der Waals surface area (Å²) in [6.07, 6.45) is 0.360. The number of primary amides is 1. The standard InChI is InChI=1S/C24H22N4O4.ClH/c1-31-21-11-8-17(13-19(21)15-6-9-18(29)10-7-15)24-27-23(28-32-24)16-4-2-14(3-5-16)12-20(25)22(26)30;/h2-11,13,20,29H,12,25H2,1H3,(H2,26,30);1H/t20-;/m0./s1. The van der Waals surface area contributed by atoms with Gasteiger partial charge in [0.2, 0.25) is 11.7 Å². The molecule has 0 aliphatic heterocycles. The lowest BCUT2D eigenvalue weighted by atomic mass is 10.0. The summed E-state index contributed by atoms with van der Waals surface area (Å²) in [7, 11) is 1.60. The van der Waals surface area contributed by atoms with E-state index in [-0.39, 0.29) is 18.2 Å². The van der Waals surface area contributed by atoms with Gasteiger partial charge in [0.15, 0.2) is 0 Å². The third-order valence-corrected chi connectivity index (χ3v) is 5.08. The molecule has 9 heteroatoms. The molecule has 8 nitrogen and oxygen atoms in total. The largest absolute Gasteiger partial charge is 0.508 e. The molecule has 0 spiro atoms. The Hall–Kier alpha value is -3.88. The Bertz CT molecular complexity index is 1240. The van der Waals surface area contributed by atoms with Gasteiger partial charge in [0.25, 0.3) is 5.89 Å². The first kappa shape index (κ1) is 23.8. The average molecular weight is 467 g/mol. The van der Waals surface area contributed by atoms with Crippen LogP contribution in [0, 0.1) is 0 Å². The monoisotopic (exact) mass is 466 g/mol. The minimum absolute atomic E-state index is 0. The normalized spacial score (nSPS) is 11.5. The van der Waals surface area contributed by atoms with Crippen molar-refractivity contribution in [1.82, 2.24) is 10.1 Å². The third kappa shape index (κ3) is 5.31. The lowest BCUT2D eigenvalue weighted by Crippen LogP contribution is -2.38.